The summed E-state index contributed by atoms with van der Waals surface area (Å²) in [6.07, 6.45) is -1.91. The van der Waals surface area contributed by atoms with Crippen LogP contribution >= 0.6 is 0 Å². The van der Waals surface area contributed by atoms with E-state index in [9.17, 15) is 10.2 Å². The van der Waals surface area contributed by atoms with E-state index < -0.39 is 12.2 Å². The summed E-state index contributed by atoms with van der Waals surface area (Å²) < 4.78 is 0. The predicted molar refractivity (Wildman–Crippen MR) is 18.9 cm³/mol. The molecule has 0 heterocycles. The van der Waals surface area contributed by atoms with Crippen LogP contribution in [-0.2, 0) is 0 Å². The molecule has 0 aliphatic rings. The smallest absolute Gasteiger partial charge is 0.853 e. The first-order valence-electron chi connectivity index (χ1n) is 1.96. The number of hydrogen-bond donors (Lipinski definition) is 0. The third-order valence-corrected chi connectivity index (χ3v) is 0.661. The number of hydrogen-bond acceptors (Lipinski definition) is 2. The van der Waals surface area contributed by atoms with Crippen molar-refractivity contribution >= 4 is 0 Å². The van der Waals surface area contributed by atoms with E-state index in [2.05, 4.69) is 0 Å². The first-order chi connectivity index (χ1) is 2.64. The molecule has 2 nitrogen and oxygen atoms in total. The van der Waals surface area contributed by atoms with Crippen molar-refractivity contribution < 1.29 is 47.9 Å². The van der Waals surface area contributed by atoms with Gasteiger partial charge in [0.25, 0.3) is 0 Å². The van der Waals surface area contributed by atoms with Crippen molar-refractivity contribution in [2.75, 3.05) is 0 Å². The molecule has 0 aromatic rings. The van der Waals surface area contributed by atoms with E-state index >= 15 is 0 Å². The van der Waals surface area contributed by atoms with Crippen molar-refractivity contribution in [1.29, 1.82) is 0 Å². The molecule has 0 N–H and O–H groups in total. The summed E-state index contributed by atoms with van der Waals surface area (Å²) >= 11 is 0. The van der Waals surface area contributed by atoms with Gasteiger partial charge in [0, 0.05) is 0 Å². The Hall–Kier alpha value is 1.11. The Morgan fingerprint density at radius 1 is 0.875 bits per heavy atom. The minimum atomic E-state index is -0.954. The maximum absolute atomic E-state index is 9.91. The van der Waals surface area contributed by atoms with Gasteiger partial charge in [0.15, 0.2) is 0 Å². The SMILES string of the molecule is CC([O-])C(C)[O-].[Li+].[Li+]. The molecule has 0 fully saturated rings. The zero-order valence-corrected chi connectivity index (χ0v) is 5.97. The van der Waals surface area contributed by atoms with Crippen LogP contribution < -0.4 is 47.9 Å². The van der Waals surface area contributed by atoms with E-state index in [0.29, 0.717) is 0 Å². The van der Waals surface area contributed by atoms with Gasteiger partial charge >= 0.3 is 37.7 Å². The minimum absolute atomic E-state index is 0. The molecule has 2 unspecified atom stereocenters. The van der Waals surface area contributed by atoms with Crippen LogP contribution in [0.2, 0.25) is 0 Å². The van der Waals surface area contributed by atoms with E-state index in [1.165, 1.54) is 13.8 Å². The van der Waals surface area contributed by atoms with Gasteiger partial charge in [-0.05, 0) is 0 Å². The van der Waals surface area contributed by atoms with Crippen LogP contribution in [0.15, 0.2) is 0 Å². The molecule has 0 amide bonds. The number of rotatable bonds is 1. The molecule has 0 saturated heterocycles. The Morgan fingerprint density at radius 2 is 1.00 bits per heavy atom. The van der Waals surface area contributed by atoms with Crippen LogP contribution in [0.25, 0.3) is 0 Å². The third kappa shape index (κ3) is 10.2. The summed E-state index contributed by atoms with van der Waals surface area (Å²) in [5, 5.41) is 19.8. The molecule has 0 rings (SSSR count). The summed E-state index contributed by atoms with van der Waals surface area (Å²) in [6, 6.07) is 0. The monoisotopic (exact) mass is 102 g/mol. The van der Waals surface area contributed by atoms with E-state index in [4.69, 9.17) is 0 Å². The average molecular weight is 102 g/mol. The standard InChI is InChI=1S/C4H8O2.2Li/c1-3(5)4(2)6;;/h3-4H,1-2H3;;/q-2;2*+1. The average Bonchev–Trinajstić information content (AvgIpc) is 1.36. The van der Waals surface area contributed by atoms with Gasteiger partial charge in [-0.3, -0.25) is 0 Å². The Balaban J connectivity index is -0.000000125. The Labute approximate surface area is 74.0 Å². The van der Waals surface area contributed by atoms with E-state index in [0.717, 1.165) is 0 Å². The molecule has 0 radical (unpaired) electrons. The molecule has 0 spiro atoms. The summed E-state index contributed by atoms with van der Waals surface area (Å²) in [6.45, 7) is 2.75. The molecular weight excluding hydrogens is 93.9 g/mol. The predicted octanol–water partition coefficient (Wildman–Crippen LogP) is -7.51. The van der Waals surface area contributed by atoms with Crippen molar-refractivity contribution in [2.24, 2.45) is 0 Å². The Kier molecular flexibility index (Phi) is 16.3. The second-order valence-corrected chi connectivity index (χ2v) is 1.41. The molecule has 0 aliphatic heterocycles. The van der Waals surface area contributed by atoms with Crippen LogP contribution in [-0.4, -0.2) is 12.2 Å². The van der Waals surface area contributed by atoms with Crippen molar-refractivity contribution in [3.05, 3.63) is 0 Å². The molecular formula is C4H8Li2O2. The second kappa shape index (κ2) is 8.11. The fraction of sp³-hybridized carbons (Fsp3) is 1.00. The first kappa shape index (κ1) is 16.1. The van der Waals surface area contributed by atoms with E-state index in [1.54, 1.807) is 0 Å². The van der Waals surface area contributed by atoms with Gasteiger partial charge in [-0.25, -0.2) is 0 Å². The van der Waals surface area contributed by atoms with Crippen LogP contribution in [0.1, 0.15) is 13.8 Å². The van der Waals surface area contributed by atoms with Crippen molar-refractivity contribution in [3.8, 4) is 0 Å². The van der Waals surface area contributed by atoms with Crippen LogP contribution in [0.3, 0.4) is 0 Å². The molecule has 0 bridgehead atoms. The molecule has 38 valence electrons. The largest absolute Gasteiger partial charge is 1.00 e. The molecule has 0 saturated carbocycles. The first-order valence-corrected chi connectivity index (χ1v) is 1.96. The molecule has 4 heteroatoms. The maximum Gasteiger partial charge on any atom is 1.00 e. The topological polar surface area (TPSA) is 46.1 Å². The zero-order chi connectivity index (χ0) is 5.15. The van der Waals surface area contributed by atoms with Gasteiger partial charge in [0.05, 0.1) is 0 Å². The van der Waals surface area contributed by atoms with Crippen LogP contribution in [0.5, 0.6) is 0 Å². The maximum atomic E-state index is 9.91. The summed E-state index contributed by atoms with van der Waals surface area (Å²) in [4.78, 5) is 0. The van der Waals surface area contributed by atoms with Gasteiger partial charge in [0.1, 0.15) is 0 Å². The fourth-order valence-corrected chi connectivity index (χ4v) is 0. The Morgan fingerprint density at radius 3 is 1.00 bits per heavy atom. The van der Waals surface area contributed by atoms with Crippen LogP contribution in [0.4, 0.5) is 0 Å². The van der Waals surface area contributed by atoms with Crippen molar-refractivity contribution in [3.63, 3.8) is 0 Å². The quantitative estimate of drug-likeness (QED) is 0.309. The minimum Gasteiger partial charge on any atom is -0.853 e. The molecule has 0 aromatic heterocycles. The van der Waals surface area contributed by atoms with Gasteiger partial charge < -0.3 is 10.2 Å². The van der Waals surface area contributed by atoms with Crippen molar-refractivity contribution in [1.82, 2.24) is 0 Å². The van der Waals surface area contributed by atoms with Crippen molar-refractivity contribution in [2.45, 2.75) is 26.1 Å². The summed E-state index contributed by atoms with van der Waals surface area (Å²) in [5.41, 5.74) is 0. The van der Waals surface area contributed by atoms with E-state index in [-0.39, 0.29) is 37.7 Å². The molecule has 8 heavy (non-hydrogen) atoms. The zero-order valence-electron chi connectivity index (χ0n) is 5.97. The molecule has 0 aliphatic carbocycles. The summed E-state index contributed by atoms with van der Waals surface area (Å²) in [7, 11) is 0. The third-order valence-electron chi connectivity index (χ3n) is 0.661. The van der Waals surface area contributed by atoms with Gasteiger partial charge in [-0.2, -0.15) is 0 Å². The molecule has 2 atom stereocenters. The Bertz CT molecular complexity index is 33.0. The van der Waals surface area contributed by atoms with Gasteiger partial charge in [0.2, 0.25) is 0 Å². The van der Waals surface area contributed by atoms with Gasteiger partial charge in [-0.15, -0.1) is 12.2 Å². The fourth-order valence-electron chi connectivity index (χ4n) is 0. The van der Waals surface area contributed by atoms with E-state index in [1.807, 2.05) is 0 Å². The van der Waals surface area contributed by atoms with Gasteiger partial charge in [-0.1, -0.05) is 13.8 Å². The second-order valence-electron chi connectivity index (χ2n) is 1.41. The normalized spacial score (nSPS) is 15.0. The van der Waals surface area contributed by atoms with Crippen LogP contribution in [0, 0.1) is 0 Å². The molecule has 0 aromatic carbocycles. The summed E-state index contributed by atoms with van der Waals surface area (Å²) in [5.74, 6) is 0.